The largest absolute Gasteiger partial charge is 0.481 e. The van der Waals surface area contributed by atoms with Crippen LogP contribution in [0.4, 0.5) is 0 Å². The number of nitrogens with zero attached hydrogens (tertiary/aromatic N) is 2. The average Bonchev–Trinajstić information content (AvgIpc) is 3.39. The number of thioether (sulfide) groups is 1. The molecule has 3 heterocycles. The van der Waals surface area contributed by atoms with Crippen molar-refractivity contribution < 1.29 is 24.6 Å². The highest BCUT2D eigenvalue weighted by Crippen LogP contribution is 2.71. The number of rotatable bonds is 9. The third kappa shape index (κ3) is 3.71. The van der Waals surface area contributed by atoms with E-state index in [1.165, 1.54) is 6.42 Å². The summed E-state index contributed by atoms with van der Waals surface area (Å²) in [5.74, 6) is -2.88. The zero-order valence-electron chi connectivity index (χ0n) is 20.7. The molecule has 0 aromatic rings. The van der Waals surface area contributed by atoms with Gasteiger partial charge in [0.25, 0.3) is 0 Å². The minimum Gasteiger partial charge on any atom is -0.481 e. The highest BCUT2D eigenvalue weighted by molar-refractivity contribution is 8.02. The molecule has 2 N–H and O–H groups in total. The fourth-order valence-electron chi connectivity index (χ4n) is 7.30. The lowest BCUT2D eigenvalue weighted by atomic mass is 9.66. The number of aliphatic hydroxyl groups is 1. The molecule has 4 rings (SSSR count). The molecule has 2 unspecified atom stereocenters. The zero-order chi connectivity index (χ0) is 24.8. The van der Waals surface area contributed by atoms with Crippen molar-refractivity contribution in [2.24, 2.45) is 17.8 Å². The number of fused-ring (bicyclic) bond motifs is 1. The third-order valence-corrected chi connectivity index (χ3v) is 11.2. The molecule has 190 valence electrons. The Morgan fingerprint density at radius 1 is 1.29 bits per heavy atom. The Morgan fingerprint density at radius 3 is 2.53 bits per heavy atom. The molecular formula is C26H40N2O5S. The van der Waals surface area contributed by atoms with Crippen LogP contribution in [0.15, 0.2) is 12.7 Å². The molecule has 4 aliphatic rings. The number of amides is 2. The van der Waals surface area contributed by atoms with E-state index >= 15 is 0 Å². The number of likely N-dealkylation sites (tertiary alicyclic amines) is 1. The number of carbonyl (C=O) groups excluding carboxylic acids is 2. The van der Waals surface area contributed by atoms with Crippen LogP contribution in [0.1, 0.15) is 72.1 Å². The van der Waals surface area contributed by atoms with E-state index in [0.717, 1.165) is 32.1 Å². The molecule has 0 aromatic heterocycles. The molecule has 7 atom stereocenters. The van der Waals surface area contributed by atoms with Gasteiger partial charge in [0.2, 0.25) is 11.8 Å². The van der Waals surface area contributed by atoms with Crippen molar-refractivity contribution in [1.29, 1.82) is 0 Å². The Bertz CT molecular complexity index is 845. The molecule has 8 heteroatoms. The number of carbonyl (C=O) groups is 3. The first-order chi connectivity index (χ1) is 16.2. The topological polar surface area (TPSA) is 98.2 Å². The lowest BCUT2D eigenvalue weighted by Gasteiger charge is -2.43. The molecular weight excluding hydrogens is 452 g/mol. The molecule has 2 bridgehead atoms. The lowest BCUT2D eigenvalue weighted by molar-refractivity contribution is -0.151. The van der Waals surface area contributed by atoms with E-state index in [2.05, 4.69) is 6.58 Å². The fraction of sp³-hybridized carbons (Fsp3) is 0.808. The molecule has 34 heavy (non-hydrogen) atoms. The number of aliphatic carboxylic acids is 1. The summed E-state index contributed by atoms with van der Waals surface area (Å²) in [6, 6.07) is -1.16. The number of carboxylic acid groups (broad SMARTS) is 1. The highest BCUT2D eigenvalue weighted by Gasteiger charge is 2.78. The minimum atomic E-state index is -0.956. The standard InChI is InChI=1S/C26H40N2O5S/c1-5-14-27(17-10-8-7-9-11-17)23(31)21-26-13-12-25(4,34-26)20(24(32)33)19(26)22(30)28(21)18(15-29)16(3)6-2/h5,16-21,29H,1,6-15H2,2-4H3,(H,32,33)/t16-,18-,19-,20+,21?,25-,26?/m0/s1. The second kappa shape index (κ2) is 9.49. The molecule has 0 radical (unpaired) electrons. The molecule has 7 nitrogen and oxygen atoms in total. The Balaban J connectivity index is 1.82. The van der Waals surface area contributed by atoms with E-state index in [-0.39, 0.29) is 30.4 Å². The molecule has 1 aliphatic carbocycles. The van der Waals surface area contributed by atoms with Crippen LogP contribution < -0.4 is 0 Å². The van der Waals surface area contributed by atoms with Crippen molar-refractivity contribution in [3.8, 4) is 0 Å². The minimum absolute atomic E-state index is 0.0110. The van der Waals surface area contributed by atoms with Gasteiger partial charge >= 0.3 is 5.97 Å². The number of aliphatic hydroxyl groups excluding tert-OH is 1. The van der Waals surface area contributed by atoms with Crippen LogP contribution >= 0.6 is 11.8 Å². The van der Waals surface area contributed by atoms with Gasteiger partial charge in [-0.1, -0.05) is 45.6 Å². The fourth-order valence-corrected chi connectivity index (χ4v) is 9.63. The first kappa shape index (κ1) is 25.5. The normalized spacial score (nSPS) is 36.9. The van der Waals surface area contributed by atoms with Crippen LogP contribution in [0, 0.1) is 17.8 Å². The third-order valence-electron chi connectivity index (χ3n) is 9.18. The molecule has 1 spiro atoms. The number of hydrogen-bond donors (Lipinski definition) is 2. The zero-order valence-corrected chi connectivity index (χ0v) is 21.6. The lowest BCUT2D eigenvalue weighted by Crippen LogP contribution is -2.60. The number of carboxylic acids is 1. The van der Waals surface area contributed by atoms with Gasteiger partial charge in [-0.15, -0.1) is 18.3 Å². The molecule has 0 aromatic carbocycles. The van der Waals surface area contributed by atoms with Crippen LogP contribution in [0.2, 0.25) is 0 Å². The van der Waals surface area contributed by atoms with Crippen LogP contribution in [-0.2, 0) is 14.4 Å². The second-order valence-corrected chi connectivity index (χ2v) is 12.9. The predicted octanol–water partition coefficient (Wildman–Crippen LogP) is 3.31. The summed E-state index contributed by atoms with van der Waals surface area (Å²) in [5, 5.41) is 20.6. The van der Waals surface area contributed by atoms with Gasteiger partial charge in [0.15, 0.2) is 0 Å². The van der Waals surface area contributed by atoms with E-state index in [4.69, 9.17) is 0 Å². The first-order valence-corrected chi connectivity index (χ1v) is 13.8. The monoisotopic (exact) mass is 492 g/mol. The predicted molar refractivity (Wildman–Crippen MR) is 132 cm³/mol. The quantitative estimate of drug-likeness (QED) is 0.479. The maximum Gasteiger partial charge on any atom is 0.308 e. The van der Waals surface area contributed by atoms with Crippen molar-refractivity contribution in [3.63, 3.8) is 0 Å². The van der Waals surface area contributed by atoms with Gasteiger partial charge in [0.1, 0.15) is 6.04 Å². The molecule has 4 fully saturated rings. The Morgan fingerprint density at radius 2 is 1.97 bits per heavy atom. The van der Waals surface area contributed by atoms with Gasteiger partial charge < -0.3 is 20.0 Å². The molecule has 1 saturated carbocycles. The van der Waals surface area contributed by atoms with Gasteiger partial charge in [-0.3, -0.25) is 14.4 Å². The molecule has 3 saturated heterocycles. The van der Waals surface area contributed by atoms with Gasteiger partial charge in [-0.25, -0.2) is 0 Å². The van der Waals surface area contributed by atoms with Crippen molar-refractivity contribution in [2.75, 3.05) is 13.2 Å². The second-order valence-electron chi connectivity index (χ2n) is 11.0. The Labute approximate surface area is 207 Å². The van der Waals surface area contributed by atoms with E-state index in [0.29, 0.717) is 19.4 Å². The van der Waals surface area contributed by atoms with Gasteiger partial charge in [-0.05, 0) is 38.5 Å². The van der Waals surface area contributed by atoms with Crippen molar-refractivity contribution >= 4 is 29.5 Å². The first-order valence-electron chi connectivity index (χ1n) is 12.9. The summed E-state index contributed by atoms with van der Waals surface area (Å²) in [6.07, 6.45) is 9.02. The SMILES string of the molecule is C=CCN(C(=O)C1N([C@@H](CO)[C@@H](C)CC)C(=O)[C@@H]2[C@H](C(=O)O)[C@]3(C)CCC12S3)C1CCCCC1. The van der Waals surface area contributed by atoms with Crippen molar-refractivity contribution in [2.45, 2.75) is 99.8 Å². The van der Waals surface area contributed by atoms with E-state index < -0.39 is 39.4 Å². The summed E-state index contributed by atoms with van der Waals surface area (Å²) in [5.41, 5.74) is 0. The summed E-state index contributed by atoms with van der Waals surface area (Å²) >= 11 is 1.56. The number of hydrogen-bond acceptors (Lipinski definition) is 5. The maximum absolute atomic E-state index is 14.5. The molecule has 3 aliphatic heterocycles. The summed E-state index contributed by atoms with van der Waals surface area (Å²) in [6.45, 7) is 10.0. The van der Waals surface area contributed by atoms with Crippen molar-refractivity contribution in [1.82, 2.24) is 9.80 Å². The Kier molecular flexibility index (Phi) is 7.13. The summed E-state index contributed by atoms with van der Waals surface area (Å²) in [7, 11) is 0. The summed E-state index contributed by atoms with van der Waals surface area (Å²) in [4.78, 5) is 44.5. The summed E-state index contributed by atoms with van der Waals surface area (Å²) < 4.78 is -1.32. The van der Waals surface area contributed by atoms with Crippen LogP contribution in [-0.4, -0.2) is 78.6 Å². The van der Waals surface area contributed by atoms with Gasteiger partial charge in [-0.2, -0.15) is 0 Å². The van der Waals surface area contributed by atoms with Gasteiger partial charge in [0, 0.05) is 17.3 Å². The average molecular weight is 493 g/mol. The highest BCUT2D eigenvalue weighted by atomic mass is 32.2. The van der Waals surface area contributed by atoms with Crippen molar-refractivity contribution in [3.05, 3.63) is 12.7 Å². The van der Waals surface area contributed by atoms with E-state index in [9.17, 15) is 24.6 Å². The van der Waals surface area contributed by atoms with E-state index in [1.807, 2.05) is 25.7 Å². The molecule has 2 amide bonds. The van der Waals surface area contributed by atoms with Crippen LogP contribution in [0.3, 0.4) is 0 Å². The smallest absolute Gasteiger partial charge is 0.308 e. The van der Waals surface area contributed by atoms with E-state index in [1.54, 1.807) is 22.7 Å². The van der Waals surface area contributed by atoms with Gasteiger partial charge in [0.05, 0.1) is 29.2 Å². The Hall–Kier alpha value is -1.54. The maximum atomic E-state index is 14.5. The van der Waals surface area contributed by atoms with Crippen LogP contribution in [0.25, 0.3) is 0 Å². The van der Waals surface area contributed by atoms with Crippen LogP contribution in [0.5, 0.6) is 0 Å².